The summed E-state index contributed by atoms with van der Waals surface area (Å²) in [6.45, 7) is 4.13. The van der Waals surface area contributed by atoms with Crippen LogP contribution in [0.3, 0.4) is 0 Å². The van der Waals surface area contributed by atoms with E-state index < -0.39 is 0 Å². The third kappa shape index (κ3) is 4.00. The lowest BCUT2D eigenvalue weighted by Gasteiger charge is -2.27. The molecule has 0 bridgehead atoms. The Morgan fingerprint density at radius 1 is 1.17 bits per heavy atom. The van der Waals surface area contributed by atoms with Crippen LogP contribution in [0.2, 0.25) is 0 Å². The van der Waals surface area contributed by atoms with Crippen molar-refractivity contribution in [2.24, 2.45) is 4.99 Å². The van der Waals surface area contributed by atoms with Gasteiger partial charge in [-0.15, -0.1) is 0 Å². The van der Waals surface area contributed by atoms with Crippen LogP contribution in [0, 0.1) is 0 Å². The lowest BCUT2D eigenvalue weighted by Crippen LogP contribution is -2.39. The summed E-state index contributed by atoms with van der Waals surface area (Å²) in [6, 6.07) is 8.37. The maximum Gasteiger partial charge on any atom is 0.137 e. The second-order valence-corrected chi connectivity index (χ2v) is 7.34. The third-order valence-electron chi connectivity index (χ3n) is 5.35. The molecule has 0 saturated carbocycles. The van der Waals surface area contributed by atoms with Crippen molar-refractivity contribution in [2.45, 2.75) is 12.5 Å². The molecule has 1 atom stereocenters. The minimum absolute atomic E-state index is 0.146. The Hall–Kier alpha value is -3.19. The standard InChI is InChI=1S/C22H24N6O/c1-2-19-17(14-26-22(19)23-7-1)12-16-3-5-20(24-13-16)25-15-18-4-6-21(27-18)28-8-10-29-11-9-28/h1-7,13-14,18H,8-12,15H2,(H,23,26)(H,24,25). The van der Waals surface area contributed by atoms with Crippen molar-refractivity contribution in [2.75, 3.05) is 38.2 Å². The molecule has 0 radical (unpaired) electrons. The summed E-state index contributed by atoms with van der Waals surface area (Å²) >= 11 is 0. The number of rotatable bonds is 5. The first-order valence-corrected chi connectivity index (χ1v) is 10.0. The van der Waals surface area contributed by atoms with E-state index in [2.05, 4.69) is 49.5 Å². The van der Waals surface area contributed by atoms with E-state index in [0.717, 1.165) is 62.0 Å². The highest BCUT2D eigenvalue weighted by molar-refractivity contribution is 5.95. The molecule has 0 aliphatic carbocycles. The molecule has 2 N–H and O–H groups in total. The van der Waals surface area contributed by atoms with Crippen LogP contribution in [-0.4, -0.2) is 64.6 Å². The Labute approximate surface area is 169 Å². The highest BCUT2D eigenvalue weighted by Gasteiger charge is 2.18. The van der Waals surface area contributed by atoms with Crippen LogP contribution >= 0.6 is 0 Å². The Kier molecular flexibility index (Phi) is 4.96. The van der Waals surface area contributed by atoms with E-state index in [4.69, 9.17) is 9.73 Å². The summed E-state index contributed by atoms with van der Waals surface area (Å²) in [5.41, 5.74) is 3.33. The van der Waals surface area contributed by atoms with E-state index >= 15 is 0 Å². The van der Waals surface area contributed by atoms with Crippen molar-refractivity contribution in [3.63, 3.8) is 0 Å². The first-order chi connectivity index (χ1) is 14.3. The van der Waals surface area contributed by atoms with Crippen LogP contribution < -0.4 is 5.32 Å². The number of fused-ring (bicyclic) bond motifs is 1. The van der Waals surface area contributed by atoms with Crippen LogP contribution in [0.5, 0.6) is 0 Å². The first-order valence-electron chi connectivity index (χ1n) is 10.0. The van der Waals surface area contributed by atoms with Gasteiger partial charge in [0.1, 0.15) is 17.3 Å². The predicted octanol–water partition coefficient (Wildman–Crippen LogP) is 2.63. The molecule has 5 rings (SSSR count). The van der Waals surface area contributed by atoms with Gasteiger partial charge in [0.05, 0.1) is 19.3 Å². The number of nitrogens with one attached hydrogen (secondary N) is 2. The van der Waals surface area contributed by atoms with Gasteiger partial charge in [-0.25, -0.2) is 9.97 Å². The Morgan fingerprint density at radius 3 is 2.97 bits per heavy atom. The van der Waals surface area contributed by atoms with Gasteiger partial charge in [0.15, 0.2) is 0 Å². The minimum Gasteiger partial charge on any atom is -0.378 e. The van der Waals surface area contributed by atoms with E-state index in [-0.39, 0.29) is 6.04 Å². The zero-order valence-electron chi connectivity index (χ0n) is 16.2. The summed E-state index contributed by atoms with van der Waals surface area (Å²) in [5, 5.41) is 4.56. The molecule has 29 heavy (non-hydrogen) atoms. The average molecular weight is 388 g/mol. The van der Waals surface area contributed by atoms with Crippen molar-refractivity contribution in [3.8, 4) is 0 Å². The van der Waals surface area contributed by atoms with Gasteiger partial charge < -0.3 is 19.9 Å². The highest BCUT2D eigenvalue weighted by atomic mass is 16.5. The molecule has 2 aliphatic rings. The van der Waals surface area contributed by atoms with Crippen molar-refractivity contribution in [3.05, 3.63) is 66.1 Å². The molecule has 7 heteroatoms. The average Bonchev–Trinajstić information content (AvgIpc) is 3.42. The molecule has 148 valence electrons. The molecule has 1 saturated heterocycles. The van der Waals surface area contributed by atoms with Gasteiger partial charge >= 0.3 is 0 Å². The van der Waals surface area contributed by atoms with Gasteiger partial charge in [0.2, 0.25) is 0 Å². The van der Waals surface area contributed by atoms with E-state index in [9.17, 15) is 0 Å². The molecule has 0 aromatic carbocycles. The van der Waals surface area contributed by atoms with Gasteiger partial charge in [-0.05, 0) is 35.4 Å². The lowest BCUT2D eigenvalue weighted by atomic mass is 10.1. The summed E-state index contributed by atoms with van der Waals surface area (Å²) in [4.78, 5) is 19.2. The fourth-order valence-electron chi connectivity index (χ4n) is 3.77. The fourth-order valence-corrected chi connectivity index (χ4v) is 3.77. The Balaban J connectivity index is 1.17. The van der Waals surface area contributed by atoms with Gasteiger partial charge in [0.25, 0.3) is 0 Å². The summed E-state index contributed by atoms with van der Waals surface area (Å²) in [5.74, 6) is 1.94. The number of amidine groups is 1. The highest BCUT2D eigenvalue weighted by Crippen LogP contribution is 2.19. The van der Waals surface area contributed by atoms with E-state index in [1.165, 1.54) is 11.1 Å². The molecule has 0 spiro atoms. The fraction of sp³-hybridized carbons (Fsp3) is 0.318. The summed E-state index contributed by atoms with van der Waals surface area (Å²) in [6.07, 6.45) is 10.9. The molecule has 1 unspecified atom stereocenters. The lowest BCUT2D eigenvalue weighted by molar-refractivity contribution is 0.0684. The predicted molar refractivity (Wildman–Crippen MR) is 114 cm³/mol. The maximum atomic E-state index is 5.41. The van der Waals surface area contributed by atoms with Gasteiger partial charge in [-0.3, -0.25) is 4.99 Å². The number of anilines is 1. The quantitative estimate of drug-likeness (QED) is 0.703. The van der Waals surface area contributed by atoms with Crippen LogP contribution in [0.15, 0.2) is 60.0 Å². The number of aromatic nitrogens is 3. The summed E-state index contributed by atoms with van der Waals surface area (Å²) in [7, 11) is 0. The topological polar surface area (TPSA) is 78.4 Å². The van der Waals surface area contributed by atoms with Crippen molar-refractivity contribution >= 4 is 22.7 Å². The maximum absolute atomic E-state index is 5.41. The summed E-state index contributed by atoms with van der Waals surface area (Å²) < 4.78 is 5.41. The molecule has 3 aromatic rings. The second kappa shape index (κ2) is 8.05. The molecule has 7 nitrogen and oxygen atoms in total. The SMILES string of the molecule is C1=CC(CNc2ccc(Cc3c[nH]c4ncccc34)cn2)N=C1N1CCOCC1. The third-order valence-corrected chi connectivity index (χ3v) is 5.35. The number of pyridine rings is 2. The van der Waals surface area contributed by atoms with Crippen molar-refractivity contribution in [1.29, 1.82) is 0 Å². The first kappa shape index (κ1) is 17.9. The monoisotopic (exact) mass is 388 g/mol. The van der Waals surface area contributed by atoms with Crippen LogP contribution in [0.4, 0.5) is 5.82 Å². The molecular formula is C22H24N6O. The number of nitrogens with zero attached hydrogens (tertiary/aromatic N) is 4. The molecule has 1 fully saturated rings. The molecule has 0 amide bonds. The normalized spacial score (nSPS) is 19.0. The van der Waals surface area contributed by atoms with E-state index in [1.54, 1.807) is 6.20 Å². The number of aromatic amines is 1. The van der Waals surface area contributed by atoms with E-state index in [1.807, 2.05) is 24.5 Å². The number of hydrogen-bond donors (Lipinski definition) is 2. The van der Waals surface area contributed by atoms with Crippen LogP contribution in [0.25, 0.3) is 11.0 Å². The zero-order chi connectivity index (χ0) is 19.5. The molecule has 2 aliphatic heterocycles. The van der Waals surface area contributed by atoms with E-state index in [0.29, 0.717) is 0 Å². The molecule has 5 heterocycles. The van der Waals surface area contributed by atoms with Crippen molar-refractivity contribution < 1.29 is 4.74 Å². The number of aliphatic imine (C=N–C) groups is 1. The molecular weight excluding hydrogens is 364 g/mol. The largest absolute Gasteiger partial charge is 0.378 e. The van der Waals surface area contributed by atoms with Gasteiger partial charge in [0, 0.05) is 50.0 Å². The number of H-pyrrole nitrogens is 1. The van der Waals surface area contributed by atoms with Gasteiger partial charge in [-0.2, -0.15) is 0 Å². The Morgan fingerprint density at radius 2 is 2.10 bits per heavy atom. The number of ether oxygens (including phenoxy) is 1. The zero-order valence-corrected chi connectivity index (χ0v) is 16.2. The number of hydrogen-bond acceptors (Lipinski definition) is 6. The van der Waals surface area contributed by atoms with Crippen LogP contribution in [0.1, 0.15) is 11.1 Å². The second-order valence-electron chi connectivity index (χ2n) is 7.34. The van der Waals surface area contributed by atoms with Crippen molar-refractivity contribution in [1.82, 2.24) is 19.9 Å². The van der Waals surface area contributed by atoms with Gasteiger partial charge in [-0.1, -0.05) is 12.1 Å². The molecule has 3 aromatic heterocycles. The number of morpholine rings is 1. The smallest absolute Gasteiger partial charge is 0.137 e. The Bertz CT molecular complexity index is 1030. The van der Waals surface area contributed by atoms with Crippen LogP contribution in [-0.2, 0) is 11.2 Å². The minimum atomic E-state index is 0.146.